The van der Waals surface area contributed by atoms with Gasteiger partial charge in [-0.05, 0) is 43.4 Å². The van der Waals surface area contributed by atoms with Crippen molar-refractivity contribution < 1.29 is 14.3 Å². The maximum Gasteiger partial charge on any atom is 0.410 e. The van der Waals surface area contributed by atoms with E-state index in [1.165, 1.54) is 0 Å². The number of hydrogen-bond donors (Lipinski definition) is 1. The molecule has 1 fully saturated rings. The predicted octanol–water partition coefficient (Wildman–Crippen LogP) is 4.22. The van der Waals surface area contributed by atoms with Crippen molar-refractivity contribution in [3.63, 3.8) is 0 Å². The molecule has 2 aromatic rings. The quantitative estimate of drug-likeness (QED) is 0.788. The topological polar surface area (TPSA) is 72.6 Å². The zero-order valence-electron chi connectivity index (χ0n) is 17.4. The summed E-state index contributed by atoms with van der Waals surface area (Å²) in [5, 5.41) is 0. The van der Waals surface area contributed by atoms with Crippen LogP contribution in [-0.4, -0.2) is 42.0 Å². The smallest absolute Gasteiger partial charge is 0.410 e. The molecule has 0 aromatic heterocycles. The second-order valence-corrected chi connectivity index (χ2v) is 8.73. The van der Waals surface area contributed by atoms with Gasteiger partial charge in [0.2, 0.25) is 0 Å². The van der Waals surface area contributed by atoms with Crippen molar-refractivity contribution in [2.75, 3.05) is 13.1 Å². The van der Waals surface area contributed by atoms with Crippen LogP contribution in [0.2, 0.25) is 0 Å². The molecule has 1 amide bonds. The van der Waals surface area contributed by atoms with Crippen LogP contribution in [0.25, 0.3) is 11.1 Å². The molecule has 0 spiro atoms. The van der Waals surface area contributed by atoms with Crippen molar-refractivity contribution in [2.24, 2.45) is 11.7 Å². The van der Waals surface area contributed by atoms with Crippen molar-refractivity contribution >= 4 is 12.4 Å². The third kappa shape index (κ3) is 5.24. The summed E-state index contributed by atoms with van der Waals surface area (Å²) in [5.74, 6) is -0.0441. The van der Waals surface area contributed by atoms with Gasteiger partial charge in [-0.3, -0.25) is 0 Å². The minimum absolute atomic E-state index is 0.00236. The molecule has 2 unspecified atom stereocenters. The fourth-order valence-corrected chi connectivity index (χ4v) is 4.08. The van der Waals surface area contributed by atoms with Crippen LogP contribution >= 0.6 is 0 Å². The predicted molar refractivity (Wildman–Crippen MR) is 115 cm³/mol. The normalized spacial score (nSPS) is 22.2. The summed E-state index contributed by atoms with van der Waals surface area (Å²) < 4.78 is 5.51. The fraction of sp³-hybridized carbons (Fsp3) is 0.417. The number of carbonyl (C=O) groups is 2. The summed E-state index contributed by atoms with van der Waals surface area (Å²) in [5.41, 5.74) is 9.35. The lowest BCUT2D eigenvalue weighted by Crippen LogP contribution is -2.54. The Balaban J connectivity index is 1.86. The summed E-state index contributed by atoms with van der Waals surface area (Å²) in [6.45, 7) is 6.40. The van der Waals surface area contributed by atoms with E-state index in [0.717, 1.165) is 23.0 Å². The van der Waals surface area contributed by atoms with Crippen LogP contribution in [0.4, 0.5) is 4.79 Å². The Morgan fingerprint density at radius 1 is 1.10 bits per heavy atom. The van der Waals surface area contributed by atoms with E-state index in [1.807, 2.05) is 45.0 Å². The third-order valence-electron chi connectivity index (χ3n) is 5.28. The average molecular weight is 395 g/mol. The summed E-state index contributed by atoms with van der Waals surface area (Å²) in [6.07, 6.45) is 0.900. The van der Waals surface area contributed by atoms with Gasteiger partial charge in [0.1, 0.15) is 11.9 Å². The Kier molecular flexibility index (Phi) is 6.38. The van der Waals surface area contributed by atoms with Crippen LogP contribution in [-0.2, 0) is 9.53 Å². The number of piperidine rings is 1. The van der Waals surface area contributed by atoms with Crippen molar-refractivity contribution in [1.82, 2.24) is 4.90 Å². The number of carbonyl (C=O) groups excluding carboxylic acids is 2. The van der Waals surface area contributed by atoms with Gasteiger partial charge in [0.25, 0.3) is 0 Å². The van der Waals surface area contributed by atoms with Crippen LogP contribution in [0.3, 0.4) is 0 Å². The maximum absolute atomic E-state index is 12.6. The van der Waals surface area contributed by atoms with E-state index >= 15 is 0 Å². The highest BCUT2D eigenvalue weighted by atomic mass is 16.6. The van der Waals surface area contributed by atoms with Crippen LogP contribution < -0.4 is 5.73 Å². The second kappa shape index (κ2) is 8.78. The molecule has 29 heavy (non-hydrogen) atoms. The first-order valence-electron chi connectivity index (χ1n) is 10.1. The van der Waals surface area contributed by atoms with Crippen molar-refractivity contribution in [2.45, 2.75) is 44.8 Å². The fourth-order valence-electron chi connectivity index (χ4n) is 4.08. The standard InChI is InChI=1S/C24H30N2O3/c1-24(2,3)29-23(28)26-15-20(12-13-27)22(21(25)16-26)19-11-7-10-18(14-19)17-8-5-4-6-9-17/h4-11,13-14,20-22H,12,15-16,25H2,1-3H3/t20?,21?,22-/m1/s1. The molecule has 1 aliphatic rings. The van der Waals surface area contributed by atoms with Gasteiger partial charge in [0, 0.05) is 31.5 Å². The zero-order valence-corrected chi connectivity index (χ0v) is 17.4. The molecule has 0 bridgehead atoms. The first kappa shape index (κ1) is 21.1. The van der Waals surface area contributed by atoms with Gasteiger partial charge in [-0.15, -0.1) is 0 Å². The van der Waals surface area contributed by atoms with Gasteiger partial charge >= 0.3 is 6.09 Å². The van der Waals surface area contributed by atoms with E-state index in [2.05, 4.69) is 30.3 Å². The SMILES string of the molecule is CC(C)(C)OC(=O)N1CC(N)[C@H](c2cccc(-c3ccccc3)c2)C(CC=O)C1. The van der Waals surface area contributed by atoms with E-state index in [-0.39, 0.29) is 24.0 Å². The molecule has 0 saturated carbocycles. The summed E-state index contributed by atoms with van der Waals surface area (Å²) >= 11 is 0. The van der Waals surface area contributed by atoms with Gasteiger partial charge < -0.3 is 20.2 Å². The number of hydrogen-bond acceptors (Lipinski definition) is 4. The molecule has 0 radical (unpaired) electrons. The van der Waals surface area contributed by atoms with Gasteiger partial charge in [-0.2, -0.15) is 0 Å². The largest absolute Gasteiger partial charge is 0.444 e. The second-order valence-electron chi connectivity index (χ2n) is 8.73. The molecule has 5 nitrogen and oxygen atoms in total. The lowest BCUT2D eigenvalue weighted by atomic mass is 9.76. The van der Waals surface area contributed by atoms with Crippen molar-refractivity contribution in [1.29, 1.82) is 0 Å². The van der Waals surface area contributed by atoms with Gasteiger partial charge in [-0.25, -0.2) is 4.79 Å². The Bertz CT molecular complexity index is 845. The molecule has 2 aromatic carbocycles. The van der Waals surface area contributed by atoms with Crippen molar-refractivity contribution in [3.05, 3.63) is 60.2 Å². The number of likely N-dealkylation sites (tertiary alicyclic amines) is 1. The molecule has 3 rings (SSSR count). The number of benzene rings is 2. The van der Waals surface area contributed by atoms with Crippen LogP contribution in [0.1, 0.15) is 38.7 Å². The number of rotatable bonds is 4. The first-order chi connectivity index (χ1) is 13.8. The highest BCUT2D eigenvalue weighted by molar-refractivity contribution is 5.69. The van der Waals surface area contributed by atoms with Gasteiger partial charge in [0.05, 0.1) is 0 Å². The van der Waals surface area contributed by atoms with Crippen LogP contribution in [0.15, 0.2) is 54.6 Å². The summed E-state index contributed by atoms with van der Waals surface area (Å²) in [6, 6.07) is 18.2. The molecule has 3 atom stereocenters. The molecule has 1 heterocycles. The Labute approximate surface area is 172 Å². The minimum Gasteiger partial charge on any atom is -0.444 e. The van der Waals surface area contributed by atoms with Crippen molar-refractivity contribution in [3.8, 4) is 11.1 Å². The molecule has 154 valence electrons. The molecule has 2 N–H and O–H groups in total. The maximum atomic E-state index is 12.6. The number of aldehydes is 1. The monoisotopic (exact) mass is 394 g/mol. The number of nitrogens with zero attached hydrogens (tertiary/aromatic N) is 1. The lowest BCUT2D eigenvalue weighted by molar-refractivity contribution is -0.109. The number of nitrogens with two attached hydrogens (primary N) is 1. The third-order valence-corrected chi connectivity index (χ3v) is 5.28. The number of amides is 1. The first-order valence-corrected chi connectivity index (χ1v) is 10.1. The van der Waals surface area contributed by atoms with E-state index < -0.39 is 5.60 Å². The highest BCUT2D eigenvalue weighted by Crippen LogP contribution is 2.36. The molecular weight excluding hydrogens is 364 g/mol. The molecule has 0 aliphatic carbocycles. The highest BCUT2D eigenvalue weighted by Gasteiger charge is 2.38. The van der Waals surface area contributed by atoms with E-state index in [0.29, 0.717) is 19.5 Å². The zero-order chi connectivity index (χ0) is 21.0. The van der Waals surface area contributed by atoms with Gasteiger partial charge in [0.15, 0.2) is 0 Å². The van der Waals surface area contributed by atoms with E-state index in [9.17, 15) is 9.59 Å². The molecule has 5 heteroatoms. The average Bonchev–Trinajstić information content (AvgIpc) is 2.67. The lowest BCUT2D eigenvalue weighted by Gasteiger charge is -2.42. The van der Waals surface area contributed by atoms with Crippen LogP contribution in [0.5, 0.6) is 0 Å². The molecular formula is C24H30N2O3. The summed E-state index contributed by atoms with van der Waals surface area (Å²) in [4.78, 5) is 25.6. The Morgan fingerprint density at radius 2 is 1.79 bits per heavy atom. The number of ether oxygens (including phenoxy) is 1. The minimum atomic E-state index is -0.567. The molecule has 1 aliphatic heterocycles. The Hall–Kier alpha value is -2.66. The summed E-state index contributed by atoms with van der Waals surface area (Å²) in [7, 11) is 0. The van der Waals surface area contributed by atoms with E-state index in [1.54, 1.807) is 4.90 Å². The Morgan fingerprint density at radius 3 is 2.45 bits per heavy atom. The van der Waals surface area contributed by atoms with E-state index in [4.69, 9.17) is 10.5 Å². The van der Waals surface area contributed by atoms with Crippen LogP contribution in [0, 0.1) is 5.92 Å². The molecule has 1 saturated heterocycles. The van der Waals surface area contributed by atoms with Gasteiger partial charge in [-0.1, -0.05) is 54.6 Å².